The van der Waals surface area contributed by atoms with Crippen molar-refractivity contribution in [3.8, 4) is 23.6 Å². The molecule has 0 heterocycles. The quantitative estimate of drug-likeness (QED) is 0.474. The Morgan fingerprint density at radius 2 is 1.97 bits per heavy atom. The smallest absolute Gasteiger partial charge is 0.266 e. The number of aryl methyl sites for hydroxylation is 2. The third-order valence-electron chi connectivity index (χ3n) is 3.92. The van der Waals surface area contributed by atoms with Crippen LogP contribution in [0.1, 0.15) is 23.6 Å². The Balaban J connectivity index is 2.35. The second-order valence-electron chi connectivity index (χ2n) is 6.15. The maximum absolute atomic E-state index is 12.6. The molecule has 148 valence electrons. The zero-order chi connectivity index (χ0) is 21.4. The van der Waals surface area contributed by atoms with E-state index in [1.54, 1.807) is 12.1 Å². The van der Waals surface area contributed by atoms with E-state index in [2.05, 4.69) is 21.2 Å². The van der Waals surface area contributed by atoms with Crippen LogP contribution in [0.2, 0.25) is 0 Å². The first-order valence-corrected chi connectivity index (χ1v) is 9.65. The lowest BCUT2D eigenvalue weighted by molar-refractivity contribution is -0.112. The molecule has 0 aliphatic carbocycles. The fraction of sp³-hybridized carbons (Fsp3) is 0.227. The molecule has 0 aliphatic rings. The van der Waals surface area contributed by atoms with Crippen molar-refractivity contribution in [3.05, 3.63) is 57.1 Å². The van der Waals surface area contributed by atoms with Crippen molar-refractivity contribution >= 4 is 33.6 Å². The van der Waals surface area contributed by atoms with Crippen molar-refractivity contribution in [2.24, 2.45) is 0 Å². The van der Waals surface area contributed by atoms with Gasteiger partial charge >= 0.3 is 0 Å². The fourth-order valence-corrected chi connectivity index (χ4v) is 3.21. The monoisotopic (exact) mass is 453 g/mol. The third kappa shape index (κ3) is 5.84. The van der Waals surface area contributed by atoms with Gasteiger partial charge in [-0.15, -0.1) is 0 Å². The van der Waals surface area contributed by atoms with Crippen LogP contribution in [0.15, 0.2) is 40.4 Å². The molecule has 0 radical (unpaired) electrons. The molecule has 2 aromatic rings. The number of carbonyl (C=O) groups excluding carboxylic acids is 1. The Kier molecular flexibility index (Phi) is 7.82. The number of hydrogen-bond acceptors (Lipinski definition) is 5. The van der Waals surface area contributed by atoms with Crippen molar-refractivity contribution in [1.29, 1.82) is 10.5 Å². The highest BCUT2D eigenvalue weighted by atomic mass is 79.9. The first kappa shape index (κ1) is 22.0. The Hall–Kier alpha value is -3.29. The van der Waals surface area contributed by atoms with Gasteiger partial charge in [0.1, 0.15) is 17.7 Å². The summed E-state index contributed by atoms with van der Waals surface area (Å²) >= 11 is 3.39. The molecule has 2 rings (SSSR count). The molecule has 7 heteroatoms. The van der Waals surface area contributed by atoms with Gasteiger partial charge in [0.05, 0.1) is 11.1 Å². The van der Waals surface area contributed by atoms with Crippen molar-refractivity contribution < 1.29 is 14.3 Å². The van der Waals surface area contributed by atoms with Crippen LogP contribution in [0.4, 0.5) is 5.69 Å². The Labute approximate surface area is 178 Å². The van der Waals surface area contributed by atoms with Crippen LogP contribution in [-0.4, -0.2) is 19.1 Å². The van der Waals surface area contributed by atoms with Gasteiger partial charge in [-0.05, 0) is 72.1 Å². The van der Waals surface area contributed by atoms with E-state index >= 15 is 0 Å². The van der Waals surface area contributed by atoms with E-state index in [-0.39, 0.29) is 12.2 Å². The number of carbonyl (C=O) groups is 1. The van der Waals surface area contributed by atoms with Gasteiger partial charge < -0.3 is 14.8 Å². The summed E-state index contributed by atoms with van der Waals surface area (Å²) in [5.41, 5.74) is 3.18. The number of nitrogens with one attached hydrogen (secondary N) is 1. The van der Waals surface area contributed by atoms with Gasteiger partial charge in [0.2, 0.25) is 0 Å². The summed E-state index contributed by atoms with van der Waals surface area (Å²) in [4.78, 5) is 12.6. The summed E-state index contributed by atoms with van der Waals surface area (Å²) < 4.78 is 11.5. The summed E-state index contributed by atoms with van der Waals surface area (Å²) in [6, 6.07) is 12.9. The van der Waals surface area contributed by atoms with E-state index in [9.17, 15) is 10.1 Å². The molecule has 0 spiro atoms. The second kappa shape index (κ2) is 10.3. The van der Waals surface area contributed by atoms with Gasteiger partial charge in [-0.2, -0.15) is 10.5 Å². The molecular formula is C22H20BrN3O3. The van der Waals surface area contributed by atoms with E-state index in [0.29, 0.717) is 33.8 Å². The van der Waals surface area contributed by atoms with Crippen LogP contribution >= 0.6 is 15.9 Å². The third-order valence-corrected chi connectivity index (χ3v) is 4.51. The molecular weight excluding hydrogens is 434 g/mol. The van der Waals surface area contributed by atoms with E-state index in [4.69, 9.17) is 14.7 Å². The maximum atomic E-state index is 12.6. The summed E-state index contributed by atoms with van der Waals surface area (Å²) in [6.07, 6.45) is 1.47. The molecule has 0 saturated heterocycles. The normalized spacial score (nSPS) is 10.6. The lowest BCUT2D eigenvalue weighted by atomic mass is 10.1. The van der Waals surface area contributed by atoms with E-state index in [1.165, 1.54) is 6.08 Å². The summed E-state index contributed by atoms with van der Waals surface area (Å²) in [6.45, 7) is 5.94. The second-order valence-corrected chi connectivity index (χ2v) is 7.01. The highest BCUT2D eigenvalue weighted by molar-refractivity contribution is 9.10. The number of ether oxygens (including phenoxy) is 2. The van der Waals surface area contributed by atoms with Crippen molar-refractivity contribution in [2.45, 2.75) is 20.8 Å². The van der Waals surface area contributed by atoms with Gasteiger partial charge in [-0.3, -0.25) is 4.79 Å². The maximum Gasteiger partial charge on any atom is 0.266 e. The Morgan fingerprint density at radius 3 is 2.59 bits per heavy atom. The fourth-order valence-electron chi connectivity index (χ4n) is 2.64. The summed E-state index contributed by atoms with van der Waals surface area (Å²) in [5, 5.41) is 21.0. The molecule has 0 saturated carbocycles. The number of rotatable bonds is 7. The van der Waals surface area contributed by atoms with Crippen LogP contribution in [0.25, 0.3) is 6.08 Å². The van der Waals surface area contributed by atoms with Crippen molar-refractivity contribution in [2.75, 3.05) is 18.5 Å². The number of hydrogen-bond donors (Lipinski definition) is 1. The minimum Gasteiger partial charge on any atom is -0.490 e. The van der Waals surface area contributed by atoms with E-state index in [0.717, 1.165) is 11.1 Å². The summed E-state index contributed by atoms with van der Waals surface area (Å²) in [7, 11) is 0. The number of benzene rings is 2. The van der Waals surface area contributed by atoms with Gasteiger partial charge in [0.15, 0.2) is 18.1 Å². The zero-order valence-corrected chi connectivity index (χ0v) is 18.0. The van der Waals surface area contributed by atoms with Crippen molar-refractivity contribution in [3.63, 3.8) is 0 Å². The summed E-state index contributed by atoms with van der Waals surface area (Å²) in [5.74, 6) is 0.303. The topological polar surface area (TPSA) is 95.1 Å². The minimum absolute atomic E-state index is 0.0509. The van der Waals surface area contributed by atoms with Gasteiger partial charge in [-0.1, -0.05) is 17.7 Å². The number of nitriles is 2. The van der Waals surface area contributed by atoms with Crippen molar-refractivity contribution in [1.82, 2.24) is 0 Å². The van der Waals surface area contributed by atoms with Crippen LogP contribution in [0.3, 0.4) is 0 Å². The number of anilines is 1. The molecule has 0 atom stereocenters. The van der Waals surface area contributed by atoms with Gasteiger partial charge in [0.25, 0.3) is 5.91 Å². The predicted octanol–water partition coefficient (Wildman–Crippen LogP) is 4.91. The van der Waals surface area contributed by atoms with E-state index < -0.39 is 5.91 Å². The first-order valence-electron chi connectivity index (χ1n) is 8.86. The van der Waals surface area contributed by atoms with Crippen LogP contribution in [0, 0.1) is 36.5 Å². The molecule has 1 amide bonds. The number of nitrogens with zero attached hydrogens (tertiary/aromatic N) is 2. The average molecular weight is 454 g/mol. The molecule has 6 nitrogen and oxygen atoms in total. The Morgan fingerprint density at radius 1 is 1.21 bits per heavy atom. The molecule has 0 aromatic heterocycles. The van der Waals surface area contributed by atoms with Crippen LogP contribution in [-0.2, 0) is 4.79 Å². The lowest BCUT2D eigenvalue weighted by Crippen LogP contribution is -2.14. The molecule has 1 N–H and O–H groups in total. The average Bonchev–Trinajstić information content (AvgIpc) is 2.67. The number of halogens is 1. The highest BCUT2D eigenvalue weighted by Crippen LogP contribution is 2.37. The molecule has 0 bridgehead atoms. The SMILES string of the molecule is CCOc1cc(/C=C(\C#N)C(=O)Nc2ccc(C)cc2C)cc(Br)c1OCC#N. The van der Waals surface area contributed by atoms with Gasteiger partial charge in [-0.25, -0.2) is 0 Å². The molecule has 2 aromatic carbocycles. The molecule has 0 unspecified atom stereocenters. The lowest BCUT2D eigenvalue weighted by Gasteiger charge is -2.13. The largest absolute Gasteiger partial charge is 0.490 e. The first-order chi connectivity index (χ1) is 13.9. The molecule has 0 aliphatic heterocycles. The number of amides is 1. The highest BCUT2D eigenvalue weighted by Gasteiger charge is 2.15. The van der Waals surface area contributed by atoms with Crippen LogP contribution in [0.5, 0.6) is 11.5 Å². The van der Waals surface area contributed by atoms with Crippen LogP contribution < -0.4 is 14.8 Å². The van der Waals surface area contributed by atoms with E-state index in [1.807, 2.05) is 51.1 Å². The molecule has 29 heavy (non-hydrogen) atoms. The van der Waals surface area contributed by atoms with Gasteiger partial charge in [0, 0.05) is 5.69 Å². The predicted molar refractivity (Wildman–Crippen MR) is 115 cm³/mol. The standard InChI is InChI=1S/C22H20BrN3O3/c1-4-28-20-12-16(11-18(23)21(20)29-8-7-24)10-17(13-25)22(27)26-19-6-5-14(2)9-15(19)3/h5-6,9-12H,4,8H2,1-3H3,(H,26,27)/b17-10+. The Bertz CT molecular complexity index is 1030. The zero-order valence-electron chi connectivity index (χ0n) is 16.4. The minimum atomic E-state index is -0.502. The molecule has 0 fully saturated rings.